The maximum absolute atomic E-state index is 13.7. The van der Waals surface area contributed by atoms with E-state index >= 15 is 0 Å². The smallest absolute Gasteiger partial charge is 0.228 e. The molecule has 1 atom stereocenters. The van der Waals surface area contributed by atoms with Gasteiger partial charge in [0.2, 0.25) is 5.88 Å². The van der Waals surface area contributed by atoms with Gasteiger partial charge in [-0.15, -0.1) is 5.10 Å². The summed E-state index contributed by atoms with van der Waals surface area (Å²) in [4.78, 5) is 23.2. The minimum Gasteiger partial charge on any atom is -0.497 e. The lowest BCUT2D eigenvalue weighted by Gasteiger charge is -2.37. The molecule has 2 aromatic carbocycles. The van der Waals surface area contributed by atoms with Gasteiger partial charge in [0.25, 0.3) is 0 Å². The molecule has 0 radical (unpaired) electrons. The quantitative estimate of drug-likeness (QED) is 0.369. The minimum atomic E-state index is -0.457. The van der Waals surface area contributed by atoms with Crippen molar-refractivity contribution in [3.63, 3.8) is 0 Å². The van der Waals surface area contributed by atoms with Crippen molar-refractivity contribution in [3.8, 4) is 34.5 Å². The third kappa shape index (κ3) is 3.86. The average molecular weight is 513 g/mol. The molecule has 3 heterocycles. The van der Waals surface area contributed by atoms with Crippen LogP contribution in [-0.2, 0) is 4.79 Å². The molecule has 4 aromatic rings. The summed E-state index contributed by atoms with van der Waals surface area (Å²) in [6.07, 6.45) is 2.66. The van der Waals surface area contributed by atoms with Crippen molar-refractivity contribution in [1.82, 2.24) is 19.6 Å². The lowest BCUT2D eigenvalue weighted by molar-refractivity contribution is -0.118. The summed E-state index contributed by atoms with van der Waals surface area (Å²) in [5.41, 5.74) is 3.38. The van der Waals surface area contributed by atoms with Crippen molar-refractivity contribution >= 4 is 11.4 Å². The largest absolute Gasteiger partial charge is 0.497 e. The van der Waals surface area contributed by atoms with E-state index in [9.17, 15) is 4.79 Å². The molecule has 38 heavy (non-hydrogen) atoms. The molecule has 194 valence electrons. The zero-order valence-electron chi connectivity index (χ0n) is 21.9. The predicted molar refractivity (Wildman–Crippen MR) is 140 cm³/mol. The zero-order chi connectivity index (χ0) is 26.6. The van der Waals surface area contributed by atoms with E-state index in [1.54, 1.807) is 32.2 Å². The van der Waals surface area contributed by atoms with E-state index < -0.39 is 5.92 Å². The van der Waals surface area contributed by atoms with Crippen LogP contribution in [0.1, 0.15) is 43.7 Å². The molecule has 0 unspecified atom stereocenters. The summed E-state index contributed by atoms with van der Waals surface area (Å²) >= 11 is 0. The second-order valence-corrected chi connectivity index (χ2v) is 10.3. The molecule has 0 amide bonds. The van der Waals surface area contributed by atoms with Gasteiger partial charge in [0.05, 0.1) is 32.8 Å². The second kappa shape index (κ2) is 8.86. The van der Waals surface area contributed by atoms with Crippen molar-refractivity contribution in [3.05, 3.63) is 71.3 Å². The van der Waals surface area contributed by atoms with Gasteiger partial charge >= 0.3 is 0 Å². The number of aromatic nitrogens is 4. The number of benzene rings is 2. The molecule has 2 aliphatic rings. The van der Waals surface area contributed by atoms with E-state index in [-0.39, 0.29) is 11.2 Å². The Kier molecular flexibility index (Phi) is 5.59. The Morgan fingerprint density at radius 3 is 2.45 bits per heavy atom. The molecule has 9 nitrogen and oxygen atoms in total. The number of ketones is 1. The van der Waals surface area contributed by atoms with Crippen LogP contribution in [0.15, 0.2) is 60.1 Å². The molecule has 0 fully saturated rings. The van der Waals surface area contributed by atoms with Crippen LogP contribution in [0.4, 0.5) is 0 Å². The molecule has 1 aliphatic carbocycles. The Bertz CT molecular complexity index is 1600. The summed E-state index contributed by atoms with van der Waals surface area (Å²) < 4.78 is 24.3. The van der Waals surface area contributed by atoms with Crippen LogP contribution in [0.5, 0.6) is 23.1 Å². The molecular formula is C29H28N4O5. The van der Waals surface area contributed by atoms with Gasteiger partial charge in [-0.05, 0) is 47.4 Å². The van der Waals surface area contributed by atoms with Crippen LogP contribution in [0.2, 0.25) is 0 Å². The average Bonchev–Trinajstić information content (AvgIpc) is 3.35. The van der Waals surface area contributed by atoms with Gasteiger partial charge in [0.1, 0.15) is 17.8 Å². The SMILES string of the molecule is COc1ccc(-c2nc3c4c(ncn3n2)OC2=C(C(=O)CC(C)(C)C2)[C@@H]4c2ccc(OC)c(OC)c2)cc1. The fraction of sp³-hybridized carbons (Fsp3) is 0.310. The van der Waals surface area contributed by atoms with E-state index in [2.05, 4.69) is 23.9 Å². The number of nitrogens with zero attached hydrogens (tertiary/aromatic N) is 4. The van der Waals surface area contributed by atoms with Crippen LogP contribution < -0.4 is 18.9 Å². The van der Waals surface area contributed by atoms with Gasteiger partial charge in [0.15, 0.2) is 28.8 Å². The third-order valence-corrected chi connectivity index (χ3v) is 7.15. The second-order valence-electron chi connectivity index (χ2n) is 10.3. The van der Waals surface area contributed by atoms with Crippen molar-refractivity contribution in [2.75, 3.05) is 21.3 Å². The maximum atomic E-state index is 13.7. The van der Waals surface area contributed by atoms with Crippen molar-refractivity contribution in [2.45, 2.75) is 32.6 Å². The molecule has 9 heteroatoms. The summed E-state index contributed by atoms with van der Waals surface area (Å²) in [7, 11) is 4.82. The molecule has 6 rings (SSSR count). The molecule has 0 saturated heterocycles. The highest BCUT2D eigenvalue weighted by molar-refractivity contribution is 6.00. The van der Waals surface area contributed by atoms with Crippen LogP contribution in [0.3, 0.4) is 0 Å². The fourth-order valence-electron chi connectivity index (χ4n) is 5.37. The van der Waals surface area contributed by atoms with E-state index in [1.807, 2.05) is 42.5 Å². The number of carbonyl (C=O) groups is 1. The molecular weight excluding hydrogens is 484 g/mol. The lowest BCUT2D eigenvalue weighted by atomic mass is 9.70. The van der Waals surface area contributed by atoms with Gasteiger partial charge in [-0.2, -0.15) is 0 Å². The van der Waals surface area contributed by atoms with E-state index in [0.717, 1.165) is 16.9 Å². The fourth-order valence-corrected chi connectivity index (χ4v) is 5.37. The summed E-state index contributed by atoms with van der Waals surface area (Å²) in [5.74, 6) is 3.14. The first kappa shape index (κ1) is 24.0. The van der Waals surface area contributed by atoms with Crippen molar-refractivity contribution in [2.24, 2.45) is 5.41 Å². The number of carbonyl (C=O) groups excluding carboxylic acids is 1. The van der Waals surface area contributed by atoms with E-state index in [4.69, 9.17) is 23.9 Å². The number of hydrogen-bond acceptors (Lipinski definition) is 8. The van der Waals surface area contributed by atoms with Crippen LogP contribution >= 0.6 is 0 Å². The van der Waals surface area contributed by atoms with Gasteiger partial charge in [-0.25, -0.2) is 14.5 Å². The zero-order valence-corrected chi connectivity index (χ0v) is 21.9. The van der Waals surface area contributed by atoms with Gasteiger partial charge in [-0.1, -0.05) is 19.9 Å². The molecule has 0 N–H and O–H groups in total. The summed E-state index contributed by atoms with van der Waals surface area (Å²) in [6.45, 7) is 4.16. The number of rotatable bonds is 5. The Labute approximate surface area is 220 Å². The molecule has 1 aliphatic heterocycles. The monoisotopic (exact) mass is 512 g/mol. The first-order chi connectivity index (χ1) is 18.3. The Morgan fingerprint density at radius 2 is 1.74 bits per heavy atom. The van der Waals surface area contributed by atoms with E-state index in [1.165, 1.54) is 0 Å². The maximum Gasteiger partial charge on any atom is 0.228 e. The summed E-state index contributed by atoms with van der Waals surface area (Å²) in [6, 6.07) is 13.2. The Hall–Kier alpha value is -4.40. The number of fused-ring (bicyclic) bond motifs is 3. The van der Waals surface area contributed by atoms with Gasteiger partial charge in [-0.3, -0.25) is 4.79 Å². The standard InChI is InChI=1S/C29H28N4O5/c1-29(2)13-19(34)24-22(14-29)38-28-25(23(24)17-8-11-20(36-4)21(12-17)37-5)27-31-26(32-33(27)15-30-28)16-6-9-18(35-3)10-7-16/h6-12,15,23H,13-14H2,1-5H3/t23-/m0/s1. The van der Waals surface area contributed by atoms with Gasteiger partial charge in [0, 0.05) is 24.0 Å². The molecule has 0 bridgehead atoms. The van der Waals surface area contributed by atoms with Crippen LogP contribution in [0.25, 0.3) is 17.0 Å². The minimum absolute atomic E-state index is 0.0542. The normalized spacial score (nSPS) is 18.0. The lowest BCUT2D eigenvalue weighted by Crippen LogP contribution is -2.33. The van der Waals surface area contributed by atoms with Crippen molar-refractivity contribution in [1.29, 1.82) is 0 Å². The highest BCUT2D eigenvalue weighted by Gasteiger charge is 2.44. The number of methoxy groups -OCH3 is 3. The number of hydrogen-bond donors (Lipinski definition) is 0. The summed E-state index contributed by atoms with van der Waals surface area (Å²) in [5, 5.41) is 4.68. The topological polar surface area (TPSA) is 97.1 Å². The molecule has 0 saturated carbocycles. The van der Waals surface area contributed by atoms with Crippen molar-refractivity contribution < 1.29 is 23.7 Å². The first-order valence-corrected chi connectivity index (χ1v) is 12.4. The Balaban J connectivity index is 1.58. The number of ether oxygens (including phenoxy) is 4. The highest BCUT2D eigenvalue weighted by Crippen LogP contribution is 2.51. The third-order valence-electron chi connectivity index (χ3n) is 7.15. The van der Waals surface area contributed by atoms with Crippen LogP contribution in [0, 0.1) is 5.41 Å². The molecule has 0 spiro atoms. The van der Waals surface area contributed by atoms with Gasteiger partial charge < -0.3 is 18.9 Å². The predicted octanol–water partition coefficient (Wildman–Crippen LogP) is 4.98. The Morgan fingerprint density at radius 1 is 0.974 bits per heavy atom. The first-order valence-electron chi connectivity index (χ1n) is 12.4. The highest BCUT2D eigenvalue weighted by atomic mass is 16.5. The number of allylic oxidation sites excluding steroid dienone is 2. The number of Topliss-reactive ketones (excluding diaryl/α,β-unsaturated/α-hetero) is 1. The van der Waals surface area contributed by atoms with Crippen LogP contribution in [-0.4, -0.2) is 46.7 Å². The molecule has 2 aromatic heterocycles. The van der Waals surface area contributed by atoms with E-state index in [0.29, 0.717) is 58.6 Å².